The Morgan fingerprint density at radius 1 is 1.13 bits per heavy atom. The summed E-state index contributed by atoms with van der Waals surface area (Å²) in [5.41, 5.74) is 1.62. The molecule has 0 atom stereocenters. The fourth-order valence-electron chi connectivity index (χ4n) is 3.73. The molecule has 0 N–H and O–H groups in total. The number of carbonyl (C=O) groups is 1. The first-order valence-corrected chi connectivity index (χ1v) is 10.1. The average molecular weight is 418 g/mol. The normalized spacial score (nSPS) is 14.2. The molecule has 0 spiro atoms. The maximum absolute atomic E-state index is 13.1. The van der Waals surface area contributed by atoms with Crippen LogP contribution in [0.25, 0.3) is 5.78 Å². The summed E-state index contributed by atoms with van der Waals surface area (Å²) in [6, 6.07) is 13.3. The monoisotopic (exact) mass is 418 g/mol. The third-order valence-electron chi connectivity index (χ3n) is 5.33. The van der Waals surface area contributed by atoms with Gasteiger partial charge in [-0.05, 0) is 25.1 Å². The van der Waals surface area contributed by atoms with Crippen LogP contribution in [0.1, 0.15) is 21.8 Å². The Morgan fingerprint density at radius 2 is 1.94 bits per heavy atom. The van der Waals surface area contributed by atoms with E-state index in [0.717, 1.165) is 22.8 Å². The predicted octanol–water partition coefficient (Wildman–Crippen LogP) is 2.57. The molecule has 1 aliphatic heterocycles. The Kier molecular flexibility index (Phi) is 4.99. The van der Waals surface area contributed by atoms with Crippen molar-refractivity contribution < 1.29 is 13.9 Å². The quantitative estimate of drug-likeness (QED) is 0.492. The molecular formula is C22H22N6O3. The number of amides is 1. The summed E-state index contributed by atoms with van der Waals surface area (Å²) in [6.07, 6.45) is 3.04. The Bertz CT molecular complexity index is 1190. The number of aromatic nitrogens is 4. The number of hydrogen-bond donors (Lipinski definition) is 0. The first kappa shape index (κ1) is 19.1. The molecule has 5 rings (SSSR count). The minimum Gasteiger partial charge on any atom is -0.489 e. The molecule has 1 aromatic carbocycles. The number of benzene rings is 1. The summed E-state index contributed by atoms with van der Waals surface area (Å²) in [6.45, 7) is 4.74. The van der Waals surface area contributed by atoms with Gasteiger partial charge in [-0.2, -0.15) is 14.6 Å². The van der Waals surface area contributed by atoms with Crippen molar-refractivity contribution in [1.82, 2.24) is 24.5 Å². The summed E-state index contributed by atoms with van der Waals surface area (Å²) in [5.74, 6) is 2.48. The van der Waals surface area contributed by atoms with E-state index in [2.05, 4.69) is 20.0 Å². The van der Waals surface area contributed by atoms with Crippen molar-refractivity contribution in [2.24, 2.45) is 0 Å². The van der Waals surface area contributed by atoms with Gasteiger partial charge in [0.05, 0.1) is 6.26 Å². The maximum Gasteiger partial charge on any atom is 0.290 e. The van der Waals surface area contributed by atoms with E-state index in [-0.39, 0.29) is 12.5 Å². The molecule has 0 bridgehead atoms. The van der Waals surface area contributed by atoms with Gasteiger partial charge in [0, 0.05) is 43.5 Å². The average Bonchev–Trinajstić information content (AvgIpc) is 3.47. The van der Waals surface area contributed by atoms with E-state index >= 15 is 0 Å². The van der Waals surface area contributed by atoms with Gasteiger partial charge in [0.1, 0.15) is 24.5 Å². The molecule has 0 aliphatic carbocycles. The molecule has 158 valence electrons. The number of anilines is 1. The molecule has 0 radical (unpaired) electrons. The molecule has 0 unspecified atom stereocenters. The fourth-order valence-corrected chi connectivity index (χ4v) is 3.73. The second-order valence-corrected chi connectivity index (χ2v) is 7.38. The summed E-state index contributed by atoms with van der Waals surface area (Å²) in [7, 11) is 0. The predicted molar refractivity (Wildman–Crippen MR) is 113 cm³/mol. The molecule has 4 heterocycles. The zero-order valence-electron chi connectivity index (χ0n) is 17.1. The Balaban J connectivity index is 1.26. The van der Waals surface area contributed by atoms with Gasteiger partial charge in [0.25, 0.3) is 11.7 Å². The smallest absolute Gasteiger partial charge is 0.290 e. The SMILES string of the molecule is Cc1cc(N2CCN(C(=O)c3occc3COc3ccccc3)CC2)n2ncnc2n1. The van der Waals surface area contributed by atoms with Crippen LogP contribution in [0, 0.1) is 6.92 Å². The number of carbonyl (C=O) groups excluding carboxylic acids is 1. The van der Waals surface area contributed by atoms with Crippen LogP contribution >= 0.6 is 0 Å². The molecule has 1 saturated heterocycles. The lowest BCUT2D eigenvalue weighted by Gasteiger charge is -2.35. The number of furan rings is 1. The second-order valence-electron chi connectivity index (χ2n) is 7.38. The number of aryl methyl sites for hydroxylation is 1. The highest BCUT2D eigenvalue weighted by molar-refractivity contribution is 5.93. The van der Waals surface area contributed by atoms with Crippen LogP contribution in [0.15, 0.2) is 59.5 Å². The Morgan fingerprint density at radius 3 is 2.74 bits per heavy atom. The zero-order chi connectivity index (χ0) is 21.2. The Labute approximate surface area is 178 Å². The highest BCUT2D eigenvalue weighted by Crippen LogP contribution is 2.21. The topological polar surface area (TPSA) is 89.0 Å². The molecular weight excluding hydrogens is 396 g/mol. The van der Waals surface area contributed by atoms with Crippen LogP contribution in [0.2, 0.25) is 0 Å². The van der Waals surface area contributed by atoms with Gasteiger partial charge < -0.3 is 19.0 Å². The van der Waals surface area contributed by atoms with E-state index in [9.17, 15) is 4.79 Å². The van der Waals surface area contributed by atoms with E-state index in [0.29, 0.717) is 37.7 Å². The molecule has 0 saturated carbocycles. The van der Waals surface area contributed by atoms with Crippen molar-refractivity contribution in [3.63, 3.8) is 0 Å². The first-order valence-electron chi connectivity index (χ1n) is 10.1. The second kappa shape index (κ2) is 8.10. The third-order valence-corrected chi connectivity index (χ3v) is 5.33. The molecule has 9 heteroatoms. The zero-order valence-corrected chi connectivity index (χ0v) is 17.1. The van der Waals surface area contributed by atoms with E-state index in [1.165, 1.54) is 12.6 Å². The van der Waals surface area contributed by atoms with Crippen molar-refractivity contribution in [2.45, 2.75) is 13.5 Å². The van der Waals surface area contributed by atoms with E-state index in [1.54, 1.807) is 10.6 Å². The van der Waals surface area contributed by atoms with E-state index in [4.69, 9.17) is 9.15 Å². The molecule has 31 heavy (non-hydrogen) atoms. The number of nitrogens with zero attached hydrogens (tertiary/aromatic N) is 6. The van der Waals surface area contributed by atoms with Gasteiger partial charge in [-0.15, -0.1) is 0 Å². The molecule has 1 aliphatic rings. The van der Waals surface area contributed by atoms with Gasteiger partial charge in [-0.1, -0.05) is 18.2 Å². The number of rotatable bonds is 5. The first-order chi connectivity index (χ1) is 15.2. The molecule has 3 aromatic heterocycles. The van der Waals surface area contributed by atoms with Crippen molar-refractivity contribution in [2.75, 3.05) is 31.1 Å². The van der Waals surface area contributed by atoms with Crippen LogP contribution in [0.4, 0.5) is 5.82 Å². The standard InChI is InChI=1S/C22H22N6O3/c1-16-13-19(28-22(25-16)23-15-24-28)26-8-10-27(11-9-26)21(29)20-17(7-12-30-20)14-31-18-5-3-2-4-6-18/h2-7,12-13,15H,8-11,14H2,1H3. The van der Waals surface area contributed by atoms with Crippen LogP contribution in [0.5, 0.6) is 5.75 Å². The highest BCUT2D eigenvalue weighted by Gasteiger charge is 2.27. The minimum atomic E-state index is -0.117. The van der Waals surface area contributed by atoms with Gasteiger partial charge in [0.2, 0.25) is 0 Å². The third kappa shape index (κ3) is 3.81. The number of para-hydroxylation sites is 1. The highest BCUT2D eigenvalue weighted by atomic mass is 16.5. The number of ether oxygens (including phenoxy) is 1. The lowest BCUT2D eigenvalue weighted by molar-refractivity contribution is 0.0710. The molecule has 9 nitrogen and oxygen atoms in total. The molecule has 1 amide bonds. The fraction of sp³-hybridized carbons (Fsp3) is 0.273. The Hall–Kier alpha value is -3.88. The van der Waals surface area contributed by atoms with Crippen LogP contribution in [-0.4, -0.2) is 56.6 Å². The lowest BCUT2D eigenvalue weighted by atomic mass is 10.2. The summed E-state index contributed by atoms with van der Waals surface area (Å²) in [4.78, 5) is 25.7. The van der Waals surface area contributed by atoms with Crippen molar-refractivity contribution in [3.05, 3.63) is 72.1 Å². The van der Waals surface area contributed by atoms with Crippen LogP contribution in [-0.2, 0) is 6.61 Å². The number of hydrogen-bond acceptors (Lipinski definition) is 7. The van der Waals surface area contributed by atoms with E-state index in [1.807, 2.05) is 48.2 Å². The van der Waals surface area contributed by atoms with Crippen molar-refractivity contribution in [3.8, 4) is 5.75 Å². The number of piperazine rings is 1. The van der Waals surface area contributed by atoms with Crippen molar-refractivity contribution in [1.29, 1.82) is 0 Å². The maximum atomic E-state index is 13.1. The number of fused-ring (bicyclic) bond motifs is 1. The van der Waals surface area contributed by atoms with Gasteiger partial charge in [-0.3, -0.25) is 4.79 Å². The molecule has 4 aromatic rings. The lowest BCUT2D eigenvalue weighted by Crippen LogP contribution is -2.49. The largest absolute Gasteiger partial charge is 0.489 e. The van der Waals surface area contributed by atoms with Gasteiger partial charge >= 0.3 is 0 Å². The van der Waals surface area contributed by atoms with Gasteiger partial charge in [0.15, 0.2) is 5.76 Å². The summed E-state index contributed by atoms with van der Waals surface area (Å²) >= 11 is 0. The van der Waals surface area contributed by atoms with Crippen LogP contribution < -0.4 is 9.64 Å². The van der Waals surface area contributed by atoms with Crippen molar-refractivity contribution >= 4 is 17.5 Å². The molecule has 1 fully saturated rings. The van der Waals surface area contributed by atoms with Crippen LogP contribution in [0.3, 0.4) is 0 Å². The van der Waals surface area contributed by atoms with E-state index < -0.39 is 0 Å². The van der Waals surface area contributed by atoms with Gasteiger partial charge in [-0.25, -0.2) is 4.98 Å². The minimum absolute atomic E-state index is 0.117. The summed E-state index contributed by atoms with van der Waals surface area (Å²) < 4.78 is 13.0. The summed E-state index contributed by atoms with van der Waals surface area (Å²) in [5, 5.41) is 4.28.